The van der Waals surface area contributed by atoms with Crippen molar-refractivity contribution in [3.05, 3.63) is 45.4 Å². The highest BCUT2D eigenvalue weighted by atomic mass is 16.6. The maximum Gasteiger partial charge on any atom is 0.300 e. The molecule has 2 rings (SSSR count). The van der Waals surface area contributed by atoms with Crippen molar-refractivity contribution in [1.82, 2.24) is 20.5 Å². The number of hydrogen-bond acceptors (Lipinski definition) is 6. The molecule has 0 fully saturated rings. The van der Waals surface area contributed by atoms with Crippen LogP contribution in [0.4, 0.5) is 11.5 Å². The van der Waals surface area contributed by atoms with Crippen molar-refractivity contribution < 1.29 is 9.72 Å². The minimum atomic E-state index is -0.676. The first kappa shape index (κ1) is 13.5. The minimum absolute atomic E-state index is 0.0419. The Bertz CT molecular complexity index is 666. The molecule has 1 amide bonds. The highest BCUT2D eigenvalue weighted by Gasteiger charge is 2.21. The number of nitrogen functional groups attached to an aromatic ring is 1. The molecule has 2 heterocycles. The van der Waals surface area contributed by atoms with Crippen LogP contribution in [0.25, 0.3) is 0 Å². The molecule has 9 nitrogen and oxygen atoms in total. The smallest absolute Gasteiger partial charge is 0.300 e. The second kappa shape index (κ2) is 5.34. The summed E-state index contributed by atoms with van der Waals surface area (Å²) in [6.07, 6.45) is 2.54. The van der Waals surface area contributed by atoms with Gasteiger partial charge in [0, 0.05) is 17.8 Å². The average Bonchev–Trinajstić information content (AvgIpc) is 2.81. The third-order valence-corrected chi connectivity index (χ3v) is 2.72. The highest BCUT2D eigenvalue weighted by Crippen LogP contribution is 2.19. The first-order valence-corrected chi connectivity index (χ1v) is 5.66. The number of nitro groups is 1. The Morgan fingerprint density at radius 3 is 2.90 bits per heavy atom. The van der Waals surface area contributed by atoms with Crippen molar-refractivity contribution in [2.24, 2.45) is 0 Å². The predicted octanol–water partition coefficient (Wildman–Crippen LogP) is 0.534. The molecule has 0 aliphatic rings. The van der Waals surface area contributed by atoms with E-state index < -0.39 is 10.8 Å². The molecular formula is C11H12N6O3. The van der Waals surface area contributed by atoms with Gasteiger partial charge in [-0.1, -0.05) is 0 Å². The molecule has 0 saturated carbocycles. The summed E-state index contributed by atoms with van der Waals surface area (Å²) in [5, 5.41) is 20.0. The Morgan fingerprint density at radius 1 is 1.55 bits per heavy atom. The summed E-state index contributed by atoms with van der Waals surface area (Å²) in [4.78, 5) is 25.8. The van der Waals surface area contributed by atoms with Crippen LogP contribution in [0, 0.1) is 17.0 Å². The van der Waals surface area contributed by atoms with E-state index in [2.05, 4.69) is 20.5 Å². The van der Waals surface area contributed by atoms with E-state index in [1.807, 2.05) is 0 Å². The van der Waals surface area contributed by atoms with Crippen LogP contribution in [0.2, 0.25) is 0 Å². The molecule has 0 atom stereocenters. The number of anilines is 1. The van der Waals surface area contributed by atoms with Crippen molar-refractivity contribution in [3.8, 4) is 0 Å². The molecule has 2 aromatic rings. The standard InChI is InChI=1S/C11H12N6O3/c1-6-7(4-15-16-6)3-14-11(18)8-2-10(12)13-5-9(8)17(19)20/h2,4-5H,3H2,1H3,(H2,12,13)(H,14,18)(H,15,16). The van der Waals surface area contributed by atoms with Gasteiger partial charge in [-0.25, -0.2) is 4.98 Å². The number of carbonyl (C=O) groups excluding carboxylic acids is 1. The Balaban J connectivity index is 2.19. The number of pyridine rings is 1. The summed E-state index contributed by atoms with van der Waals surface area (Å²) in [5.74, 6) is -0.549. The van der Waals surface area contributed by atoms with Crippen molar-refractivity contribution in [3.63, 3.8) is 0 Å². The number of aromatic nitrogens is 3. The zero-order valence-electron chi connectivity index (χ0n) is 10.6. The molecule has 2 aromatic heterocycles. The summed E-state index contributed by atoms with van der Waals surface area (Å²) < 4.78 is 0. The third kappa shape index (κ3) is 2.71. The second-order valence-corrected chi connectivity index (χ2v) is 4.09. The molecule has 0 aliphatic heterocycles. The van der Waals surface area contributed by atoms with Gasteiger partial charge in [0.05, 0.1) is 11.1 Å². The number of amides is 1. The van der Waals surface area contributed by atoms with Crippen molar-refractivity contribution in [2.45, 2.75) is 13.5 Å². The fourth-order valence-electron chi connectivity index (χ4n) is 1.62. The van der Waals surface area contributed by atoms with E-state index in [1.54, 1.807) is 13.1 Å². The van der Waals surface area contributed by atoms with Crippen LogP contribution in [0.15, 0.2) is 18.5 Å². The lowest BCUT2D eigenvalue weighted by atomic mass is 10.2. The zero-order chi connectivity index (χ0) is 14.7. The molecule has 9 heteroatoms. The van der Waals surface area contributed by atoms with Gasteiger partial charge in [-0.15, -0.1) is 0 Å². The number of aryl methyl sites for hydroxylation is 1. The largest absolute Gasteiger partial charge is 0.384 e. The Labute approximate surface area is 113 Å². The van der Waals surface area contributed by atoms with Crippen LogP contribution in [0.1, 0.15) is 21.6 Å². The highest BCUT2D eigenvalue weighted by molar-refractivity contribution is 5.98. The van der Waals surface area contributed by atoms with Gasteiger partial charge < -0.3 is 11.1 Å². The summed E-state index contributed by atoms with van der Waals surface area (Å²) >= 11 is 0. The molecule has 0 aromatic carbocycles. The van der Waals surface area contributed by atoms with Gasteiger partial charge in [0.25, 0.3) is 11.6 Å². The van der Waals surface area contributed by atoms with E-state index in [9.17, 15) is 14.9 Å². The quantitative estimate of drug-likeness (QED) is 0.549. The molecule has 4 N–H and O–H groups in total. The van der Waals surface area contributed by atoms with Crippen molar-refractivity contribution in [2.75, 3.05) is 5.73 Å². The number of carbonyl (C=O) groups is 1. The van der Waals surface area contributed by atoms with E-state index in [0.29, 0.717) is 0 Å². The number of nitrogens with one attached hydrogen (secondary N) is 2. The molecule has 0 bridgehead atoms. The lowest BCUT2D eigenvalue weighted by molar-refractivity contribution is -0.385. The van der Waals surface area contributed by atoms with E-state index >= 15 is 0 Å². The van der Waals surface area contributed by atoms with Crippen molar-refractivity contribution in [1.29, 1.82) is 0 Å². The minimum Gasteiger partial charge on any atom is -0.384 e. The fourth-order valence-corrected chi connectivity index (χ4v) is 1.62. The Hall–Kier alpha value is -2.97. The number of hydrogen-bond donors (Lipinski definition) is 3. The van der Waals surface area contributed by atoms with Gasteiger partial charge in [-0.2, -0.15) is 5.10 Å². The maximum atomic E-state index is 12.0. The third-order valence-electron chi connectivity index (χ3n) is 2.72. The average molecular weight is 276 g/mol. The van der Waals surface area contributed by atoms with Crippen LogP contribution in [-0.4, -0.2) is 26.0 Å². The SMILES string of the molecule is Cc1[nH]ncc1CNC(=O)c1cc(N)ncc1[N+](=O)[O-]. The van der Waals surface area contributed by atoms with Crippen LogP contribution in [-0.2, 0) is 6.54 Å². The second-order valence-electron chi connectivity index (χ2n) is 4.09. The lowest BCUT2D eigenvalue weighted by Crippen LogP contribution is -2.24. The molecule has 0 aliphatic carbocycles. The van der Waals surface area contributed by atoms with E-state index in [4.69, 9.17) is 5.73 Å². The number of nitrogens with two attached hydrogens (primary N) is 1. The summed E-state index contributed by atoms with van der Waals surface area (Å²) in [6.45, 7) is 2.02. The van der Waals surface area contributed by atoms with Crippen LogP contribution < -0.4 is 11.1 Å². The van der Waals surface area contributed by atoms with Crippen LogP contribution in [0.5, 0.6) is 0 Å². The Kier molecular flexibility index (Phi) is 3.60. The normalized spacial score (nSPS) is 10.2. The molecule has 0 saturated heterocycles. The first-order valence-electron chi connectivity index (χ1n) is 5.66. The number of nitrogens with zero attached hydrogens (tertiary/aromatic N) is 3. The predicted molar refractivity (Wildman–Crippen MR) is 69.8 cm³/mol. The summed E-state index contributed by atoms with van der Waals surface area (Å²) in [7, 11) is 0. The zero-order valence-corrected chi connectivity index (χ0v) is 10.6. The van der Waals surface area contributed by atoms with Gasteiger partial charge in [-0.05, 0) is 13.0 Å². The van der Waals surface area contributed by atoms with Crippen LogP contribution in [0.3, 0.4) is 0 Å². The fraction of sp³-hybridized carbons (Fsp3) is 0.182. The maximum absolute atomic E-state index is 12.0. The van der Waals surface area contributed by atoms with Crippen LogP contribution >= 0.6 is 0 Å². The lowest BCUT2D eigenvalue weighted by Gasteiger charge is -2.05. The first-order chi connectivity index (χ1) is 9.49. The molecule has 0 spiro atoms. The topological polar surface area (TPSA) is 140 Å². The Morgan fingerprint density at radius 2 is 2.30 bits per heavy atom. The van der Waals surface area contributed by atoms with Gasteiger partial charge in [0.15, 0.2) is 0 Å². The number of aromatic amines is 1. The monoisotopic (exact) mass is 276 g/mol. The summed E-state index contributed by atoms with van der Waals surface area (Å²) in [5.41, 5.74) is 6.55. The number of H-pyrrole nitrogens is 1. The molecule has 0 radical (unpaired) electrons. The van der Waals surface area contributed by atoms with Gasteiger partial charge in [-0.3, -0.25) is 20.0 Å². The van der Waals surface area contributed by atoms with E-state index in [1.165, 1.54) is 6.07 Å². The van der Waals surface area contributed by atoms with Gasteiger partial charge >= 0.3 is 0 Å². The molecule has 104 valence electrons. The summed E-state index contributed by atoms with van der Waals surface area (Å²) in [6, 6.07) is 1.18. The molecular weight excluding hydrogens is 264 g/mol. The van der Waals surface area contributed by atoms with Crippen molar-refractivity contribution >= 4 is 17.4 Å². The number of rotatable bonds is 4. The van der Waals surface area contributed by atoms with E-state index in [0.717, 1.165) is 17.5 Å². The molecule has 20 heavy (non-hydrogen) atoms. The van der Waals surface area contributed by atoms with Gasteiger partial charge in [0.2, 0.25) is 0 Å². The van der Waals surface area contributed by atoms with Gasteiger partial charge in [0.1, 0.15) is 17.6 Å². The molecule has 0 unspecified atom stereocenters. The van der Waals surface area contributed by atoms with E-state index in [-0.39, 0.29) is 23.6 Å².